The van der Waals surface area contributed by atoms with E-state index in [2.05, 4.69) is 0 Å². The average Bonchev–Trinajstić information content (AvgIpc) is 2.28. The third-order valence-electron chi connectivity index (χ3n) is 2.23. The first kappa shape index (κ1) is 12.8. The second kappa shape index (κ2) is 6.38. The van der Waals surface area contributed by atoms with Gasteiger partial charge in [-0.3, -0.25) is 0 Å². The minimum atomic E-state index is 0.0428. The van der Waals surface area contributed by atoms with Crippen LogP contribution in [0.25, 0.3) is 0 Å². The van der Waals surface area contributed by atoms with E-state index >= 15 is 0 Å². The van der Waals surface area contributed by atoms with Crippen molar-refractivity contribution < 1.29 is 14.6 Å². The van der Waals surface area contributed by atoms with E-state index in [9.17, 15) is 0 Å². The van der Waals surface area contributed by atoms with Crippen LogP contribution in [0.3, 0.4) is 0 Å². The molecule has 0 spiro atoms. The summed E-state index contributed by atoms with van der Waals surface area (Å²) in [6.45, 7) is 7.05. The van der Waals surface area contributed by atoms with Crippen LogP contribution in [0.2, 0.25) is 0 Å². The lowest BCUT2D eigenvalue weighted by molar-refractivity contribution is 0.311. The highest BCUT2D eigenvalue weighted by Crippen LogP contribution is 2.27. The van der Waals surface area contributed by atoms with Crippen LogP contribution in [0.5, 0.6) is 11.5 Å². The van der Waals surface area contributed by atoms with Crippen molar-refractivity contribution in [3.05, 3.63) is 29.7 Å². The molecule has 89 valence electrons. The molecule has 0 saturated carbocycles. The average molecular weight is 223 g/mol. The zero-order chi connectivity index (χ0) is 12.0. The van der Waals surface area contributed by atoms with Gasteiger partial charge in [-0.2, -0.15) is 0 Å². The Labute approximate surface area is 97.0 Å². The van der Waals surface area contributed by atoms with Crippen molar-refractivity contribution in [2.24, 2.45) is 0 Å². The van der Waals surface area contributed by atoms with Gasteiger partial charge < -0.3 is 14.6 Å². The predicted molar refractivity (Wildman–Crippen MR) is 63.9 cm³/mol. The van der Waals surface area contributed by atoms with Gasteiger partial charge in [0, 0.05) is 12.0 Å². The Kier molecular flexibility index (Phi) is 5.12. The maximum atomic E-state index is 9.11. The molecule has 1 aromatic carbocycles. The smallest absolute Gasteiger partial charge is 0.123 e. The van der Waals surface area contributed by atoms with Crippen LogP contribution in [0.15, 0.2) is 18.2 Å². The van der Waals surface area contributed by atoms with Crippen LogP contribution < -0.4 is 9.47 Å². The highest BCUT2D eigenvalue weighted by molar-refractivity contribution is 5.44. The summed E-state index contributed by atoms with van der Waals surface area (Å²) in [6, 6.07) is 5.69. The molecule has 0 aromatic heterocycles. The van der Waals surface area contributed by atoms with Crippen molar-refractivity contribution in [3.63, 3.8) is 0 Å². The Bertz CT molecular complexity index is 299. The Morgan fingerprint density at radius 3 is 1.94 bits per heavy atom. The third kappa shape index (κ3) is 3.42. The van der Waals surface area contributed by atoms with Crippen LogP contribution in [0, 0.1) is 5.92 Å². The van der Waals surface area contributed by atoms with Crippen molar-refractivity contribution in [1.82, 2.24) is 0 Å². The summed E-state index contributed by atoms with van der Waals surface area (Å²) in [4.78, 5) is 0. The van der Waals surface area contributed by atoms with E-state index in [-0.39, 0.29) is 6.61 Å². The monoisotopic (exact) mass is 223 g/mol. The molecule has 0 fully saturated rings. The lowest BCUT2D eigenvalue weighted by Gasteiger charge is -2.13. The van der Waals surface area contributed by atoms with Crippen LogP contribution in [-0.2, 0) is 0 Å². The van der Waals surface area contributed by atoms with E-state index in [1.165, 1.54) is 0 Å². The lowest BCUT2D eigenvalue weighted by atomic mass is 10.0. The molecule has 3 heteroatoms. The first-order valence-corrected chi connectivity index (χ1v) is 5.55. The molecule has 3 nitrogen and oxygen atoms in total. The molecule has 0 atom stereocenters. The van der Waals surface area contributed by atoms with E-state index in [1.54, 1.807) is 0 Å². The van der Waals surface area contributed by atoms with Crippen molar-refractivity contribution in [3.8, 4) is 11.5 Å². The van der Waals surface area contributed by atoms with Crippen LogP contribution in [0.1, 0.15) is 26.3 Å². The third-order valence-corrected chi connectivity index (χ3v) is 2.23. The largest absolute Gasteiger partial charge is 0.494 e. The Morgan fingerprint density at radius 2 is 1.56 bits per heavy atom. The maximum absolute atomic E-state index is 9.11. The van der Waals surface area contributed by atoms with E-state index in [4.69, 9.17) is 14.6 Å². The summed E-state index contributed by atoms with van der Waals surface area (Å²) in [5, 5.41) is 9.11. The number of aliphatic hydroxyl groups excluding tert-OH is 1. The molecule has 0 aliphatic rings. The number of benzene rings is 1. The normalized spacial score (nSPS) is 10.6. The second-order valence-corrected chi connectivity index (χ2v) is 3.50. The summed E-state index contributed by atoms with van der Waals surface area (Å²) >= 11 is 0. The number of rotatable bonds is 6. The van der Waals surface area contributed by atoms with E-state index in [0.717, 1.165) is 23.0 Å². The van der Waals surface area contributed by atoms with Crippen molar-refractivity contribution in [2.75, 3.05) is 19.8 Å². The summed E-state index contributed by atoms with van der Waals surface area (Å²) < 4.78 is 10.9. The van der Waals surface area contributed by atoms with Gasteiger partial charge in [-0.1, -0.05) is 6.92 Å². The number of hydrogen-bond acceptors (Lipinski definition) is 3. The van der Waals surface area contributed by atoms with E-state index in [1.807, 2.05) is 39.0 Å². The summed E-state index contributed by atoms with van der Waals surface area (Å²) in [5.74, 6) is 2.45. The predicted octanol–water partition coefficient (Wildman–Crippen LogP) is 2.42. The standard InChI is InChI=1S/C13H19O3/c1-4-15-12-6-11(10(3)9-14)7-13(8-12)16-5-2/h6-8,14H,4-5,9H2,1-3H3. The summed E-state index contributed by atoms with van der Waals surface area (Å²) in [7, 11) is 0. The van der Waals surface area contributed by atoms with Crippen molar-refractivity contribution in [2.45, 2.75) is 20.8 Å². The first-order chi connectivity index (χ1) is 7.71. The number of ether oxygens (including phenoxy) is 2. The quantitative estimate of drug-likeness (QED) is 0.805. The molecule has 0 unspecified atom stereocenters. The molecule has 0 heterocycles. The molecule has 1 radical (unpaired) electrons. The zero-order valence-corrected chi connectivity index (χ0v) is 10.1. The molecule has 0 aliphatic carbocycles. The fourth-order valence-electron chi connectivity index (χ4n) is 1.41. The van der Waals surface area contributed by atoms with Gasteiger partial charge in [0.25, 0.3) is 0 Å². The van der Waals surface area contributed by atoms with Gasteiger partial charge in [-0.25, -0.2) is 0 Å². The van der Waals surface area contributed by atoms with Gasteiger partial charge in [0.2, 0.25) is 0 Å². The second-order valence-electron chi connectivity index (χ2n) is 3.50. The molecule has 0 amide bonds. The molecular weight excluding hydrogens is 204 g/mol. The van der Waals surface area contributed by atoms with Crippen molar-refractivity contribution >= 4 is 0 Å². The molecule has 0 saturated heterocycles. The zero-order valence-electron chi connectivity index (χ0n) is 10.1. The lowest BCUT2D eigenvalue weighted by Crippen LogP contribution is -2.02. The molecule has 0 aliphatic heterocycles. The van der Waals surface area contributed by atoms with Crippen molar-refractivity contribution in [1.29, 1.82) is 0 Å². The Morgan fingerprint density at radius 1 is 1.06 bits per heavy atom. The highest BCUT2D eigenvalue weighted by atomic mass is 16.5. The van der Waals surface area contributed by atoms with Crippen LogP contribution in [0.4, 0.5) is 0 Å². The van der Waals surface area contributed by atoms with E-state index in [0.29, 0.717) is 13.2 Å². The molecular formula is C13H19O3. The molecule has 1 aromatic rings. The number of hydrogen-bond donors (Lipinski definition) is 1. The summed E-state index contributed by atoms with van der Waals surface area (Å²) in [5.41, 5.74) is 0.955. The molecule has 1 N–H and O–H groups in total. The summed E-state index contributed by atoms with van der Waals surface area (Å²) in [6.07, 6.45) is 0. The van der Waals surface area contributed by atoms with E-state index < -0.39 is 0 Å². The molecule has 16 heavy (non-hydrogen) atoms. The van der Waals surface area contributed by atoms with Gasteiger partial charge in [0.15, 0.2) is 0 Å². The topological polar surface area (TPSA) is 38.7 Å². The van der Waals surface area contributed by atoms with Gasteiger partial charge >= 0.3 is 0 Å². The minimum absolute atomic E-state index is 0.0428. The fraction of sp³-hybridized carbons (Fsp3) is 0.462. The van der Waals surface area contributed by atoms with Gasteiger partial charge in [-0.15, -0.1) is 0 Å². The maximum Gasteiger partial charge on any atom is 0.123 e. The Hall–Kier alpha value is -1.22. The minimum Gasteiger partial charge on any atom is -0.494 e. The SMILES string of the molecule is CCOc1cc(OCC)cc([C](C)CO)c1. The molecule has 1 rings (SSSR count). The van der Waals surface area contributed by atoms with Crippen LogP contribution >= 0.6 is 0 Å². The van der Waals surface area contributed by atoms with Gasteiger partial charge in [0.05, 0.1) is 19.8 Å². The van der Waals surface area contributed by atoms with Gasteiger partial charge in [-0.05, 0) is 31.5 Å². The number of aliphatic hydroxyl groups is 1. The van der Waals surface area contributed by atoms with Crippen LogP contribution in [-0.4, -0.2) is 24.9 Å². The molecule has 0 bridgehead atoms. The first-order valence-electron chi connectivity index (χ1n) is 5.55. The highest BCUT2D eigenvalue weighted by Gasteiger charge is 2.09. The Balaban J connectivity index is 2.97. The fourth-order valence-corrected chi connectivity index (χ4v) is 1.41. The van der Waals surface area contributed by atoms with Gasteiger partial charge in [0.1, 0.15) is 11.5 Å².